The highest BCUT2D eigenvalue weighted by molar-refractivity contribution is 5.92. The average Bonchev–Trinajstić information content (AvgIpc) is 2.62. The normalized spacial score (nSPS) is 12.6. The van der Waals surface area contributed by atoms with Gasteiger partial charge in [-0.1, -0.05) is 26.7 Å². The smallest absolute Gasteiger partial charge is 0.340 e. The van der Waals surface area contributed by atoms with Gasteiger partial charge in [0.05, 0.1) is 24.3 Å². The van der Waals surface area contributed by atoms with E-state index in [1.807, 2.05) is 0 Å². The molecule has 0 amide bonds. The Labute approximate surface area is 160 Å². The number of carbonyl (C=O) groups is 2. The Morgan fingerprint density at radius 2 is 1.48 bits per heavy atom. The second-order valence-electron chi connectivity index (χ2n) is 6.24. The minimum Gasteiger partial charge on any atom is -0.478 e. The van der Waals surface area contributed by atoms with Crippen LogP contribution >= 0.6 is 0 Å². The zero-order valence-electron chi connectivity index (χ0n) is 16.5. The third-order valence-corrected chi connectivity index (χ3v) is 3.74. The Morgan fingerprint density at radius 1 is 1.00 bits per heavy atom. The van der Waals surface area contributed by atoms with Crippen LogP contribution in [-0.4, -0.2) is 42.5 Å². The van der Waals surface area contributed by atoms with Crippen molar-refractivity contribution >= 4 is 11.9 Å². The van der Waals surface area contributed by atoms with Gasteiger partial charge in [-0.15, -0.1) is 0 Å². The average molecular weight is 382 g/mol. The first-order chi connectivity index (χ1) is 12.8. The predicted molar refractivity (Wildman–Crippen MR) is 99.5 cm³/mol. The molecule has 0 heterocycles. The van der Waals surface area contributed by atoms with E-state index in [0.717, 1.165) is 25.7 Å². The number of unbranched alkanes of at least 4 members (excludes halogenated alkanes) is 2. The van der Waals surface area contributed by atoms with Crippen molar-refractivity contribution in [3.63, 3.8) is 0 Å². The van der Waals surface area contributed by atoms with Crippen molar-refractivity contribution in [2.45, 2.75) is 65.6 Å². The molecule has 0 aromatic heterocycles. The first-order valence-corrected chi connectivity index (χ1v) is 9.31. The number of ether oxygens (including phenoxy) is 4. The van der Waals surface area contributed by atoms with Gasteiger partial charge >= 0.3 is 11.9 Å². The van der Waals surface area contributed by atoms with Crippen LogP contribution in [0.1, 0.15) is 74.1 Å². The fourth-order valence-electron chi connectivity index (χ4n) is 2.21. The van der Waals surface area contributed by atoms with Gasteiger partial charge in [0, 0.05) is 6.92 Å². The van der Waals surface area contributed by atoms with Gasteiger partial charge in [0.1, 0.15) is 0 Å². The second kappa shape index (κ2) is 11.7. The molecule has 0 aliphatic carbocycles. The second-order valence-corrected chi connectivity index (χ2v) is 6.24. The molecule has 0 spiro atoms. The lowest BCUT2D eigenvalue weighted by atomic mass is 10.1. The van der Waals surface area contributed by atoms with Crippen molar-refractivity contribution in [1.29, 1.82) is 0 Å². The molecule has 0 bridgehead atoms. The summed E-state index contributed by atoms with van der Waals surface area (Å²) in [4.78, 5) is 23.1. The molecule has 1 unspecified atom stereocenters. The Kier molecular flexibility index (Phi) is 9.99. The van der Waals surface area contributed by atoms with E-state index in [4.69, 9.17) is 24.1 Å². The molecule has 0 saturated heterocycles. The number of benzene rings is 1. The predicted octanol–water partition coefficient (Wildman–Crippen LogP) is 4.21. The Hall–Kier alpha value is -1.96. The largest absolute Gasteiger partial charge is 0.478 e. The molecule has 7 nitrogen and oxygen atoms in total. The number of carboxylic acid groups (broad SMARTS) is 1. The number of aromatic carboxylic acids is 1. The van der Waals surface area contributed by atoms with Crippen LogP contribution in [-0.2, 0) is 18.9 Å². The van der Waals surface area contributed by atoms with Crippen molar-refractivity contribution in [2.24, 2.45) is 0 Å². The molecule has 1 aromatic rings. The van der Waals surface area contributed by atoms with E-state index in [0.29, 0.717) is 13.2 Å². The Morgan fingerprint density at radius 3 is 1.93 bits per heavy atom. The fourth-order valence-corrected chi connectivity index (χ4v) is 2.21. The minimum atomic E-state index is -1.31. The summed E-state index contributed by atoms with van der Waals surface area (Å²) < 4.78 is 22.4. The van der Waals surface area contributed by atoms with E-state index in [1.165, 1.54) is 24.3 Å². The van der Waals surface area contributed by atoms with Gasteiger partial charge in [0.2, 0.25) is 6.29 Å². The van der Waals surface area contributed by atoms with Gasteiger partial charge in [-0.05, 0) is 44.0 Å². The summed E-state index contributed by atoms with van der Waals surface area (Å²) in [5.74, 6) is -2.99. The molecule has 0 saturated carbocycles. The van der Waals surface area contributed by atoms with E-state index in [1.54, 1.807) is 13.8 Å². The molecule has 0 aliphatic rings. The highest BCUT2D eigenvalue weighted by atomic mass is 16.9. The third-order valence-electron chi connectivity index (χ3n) is 3.74. The first kappa shape index (κ1) is 23.1. The molecule has 0 fully saturated rings. The van der Waals surface area contributed by atoms with Crippen LogP contribution in [0.15, 0.2) is 24.3 Å². The zero-order chi connectivity index (χ0) is 20.3. The molecular weight excluding hydrogens is 352 g/mol. The fraction of sp³-hybridized carbons (Fsp3) is 0.600. The molecule has 27 heavy (non-hydrogen) atoms. The number of carboxylic acids is 1. The first-order valence-electron chi connectivity index (χ1n) is 9.31. The third kappa shape index (κ3) is 8.51. The SMILES string of the molecule is CCCCOC(C)(OCCCC)OC(C)OC(=O)c1ccc(C(=O)O)cc1. The van der Waals surface area contributed by atoms with Gasteiger partial charge in [0.25, 0.3) is 5.97 Å². The topological polar surface area (TPSA) is 91.3 Å². The number of esters is 1. The van der Waals surface area contributed by atoms with Crippen molar-refractivity contribution in [3.8, 4) is 0 Å². The van der Waals surface area contributed by atoms with E-state index in [9.17, 15) is 9.59 Å². The van der Waals surface area contributed by atoms with Crippen LogP contribution < -0.4 is 0 Å². The highest BCUT2D eigenvalue weighted by Crippen LogP contribution is 2.20. The van der Waals surface area contributed by atoms with Crippen LogP contribution in [0.3, 0.4) is 0 Å². The number of rotatable bonds is 13. The zero-order valence-corrected chi connectivity index (χ0v) is 16.5. The van der Waals surface area contributed by atoms with Gasteiger partial charge in [-0.25, -0.2) is 9.59 Å². The lowest BCUT2D eigenvalue weighted by Crippen LogP contribution is -2.40. The van der Waals surface area contributed by atoms with E-state index in [2.05, 4.69) is 13.8 Å². The minimum absolute atomic E-state index is 0.0945. The van der Waals surface area contributed by atoms with Crippen LogP contribution in [0.5, 0.6) is 0 Å². The summed E-state index contributed by atoms with van der Waals surface area (Å²) in [6.07, 6.45) is 2.76. The monoisotopic (exact) mass is 382 g/mol. The number of hydrogen-bond acceptors (Lipinski definition) is 6. The van der Waals surface area contributed by atoms with Crippen molar-refractivity contribution in [1.82, 2.24) is 0 Å². The molecule has 1 N–H and O–H groups in total. The van der Waals surface area contributed by atoms with Gasteiger partial charge in [-0.2, -0.15) is 0 Å². The van der Waals surface area contributed by atoms with Gasteiger partial charge < -0.3 is 19.3 Å². The lowest BCUT2D eigenvalue weighted by molar-refractivity contribution is -0.401. The summed E-state index contributed by atoms with van der Waals surface area (Å²) in [6.45, 7) is 8.28. The number of hydrogen-bond donors (Lipinski definition) is 1. The molecule has 1 atom stereocenters. The number of carbonyl (C=O) groups excluding carboxylic acids is 1. The summed E-state index contributed by atoms with van der Waals surface area (Å²) in [5, 5.41) is 8.90. The van der Waals surface area contributed by atoms with Crippen LogP contribution in [0.4, 0.5) is 0 Å². The van der Waals surface area contributed by atoms with Crippen molar-refractivity contribution in [3.05, 3.63) is 35.4 Å². The molecule has 152 valence electrons. The van der Waals surface area contributed by atoms with E-state index in [-0.39, 0.29) is 11.1 Å². The maximum absolute atomic E-state index is 12.2. The molecule has 7 heteroatoms. The Balaban J connectivity index is 2.65. The van der Waals surface area contributed by atoms with Crippen molar-refractivity contribution < 1.29 is 33.6 Å². The summed E-state index contributed by atoms with van der Waals surface area (Å²) >= 11 is 0. The maximum Gasteiger partial charge on any atom is 0.340 e. The standard InChI is InChI=1S/C20H30O7/c1-5-7-13-24-20(4,25-14-8-6-2)27-15(3)26-19(23)17-11-9-16(10-12-17)18(21)22/h9-12,15H,5-8,13-14H2,1-4H3,(H,21,22). The van der Waals surface area contributed by atoms with E-state index >= 15 is 0 Å². The molecular formula is C20H30O7. The lowest BCUT2D eigenvalue weighted by Gasteiger charge is -2.32. The summed E-state index contributed by atoms with van der Waals surface area (Å²) in [5.41, 5.74) is 0.327. The van der Waals surface area contributed by atoms with Crippen LogP contribution in [0.25, 0.3) is 0 Å². The van der Waals surface area contributed by atoms with Gasteiger partial charge in [0.15, 0.2) is 0 Å². The highest BCUT2D eigenvalue weighted by Gasteiger charge is 2.31. The maximum atomic E-state index is 12.2. The Bertz CT molecular complexity index is 572. The molecule has 1 aromatic carbocycles. The van der Waals surface area contributed by atoms with Crippen LogP contribution in [0.2, 0.25) is 0 Å². The molecule has 1 rings (SSSR count). The summed E-state index contributed by atoms with van der Waals surface area (Å²) in [7, 11) is 0. The quantitative estimate of drug-likeness (QED) is 0.310. The van der Waals surface area contributed by atoms with Crippen molar-refractivity contribution in [2.75, 3.05) is 13.2 Å². The summed E-state index contributed by atoms with van der Waals surface area (Å²) in [6, 6.07) is 5.48. The van der Waals surface area contributed by atoms with Gasteiger partial charge in [-0.3, -0.25) is 4.74 Å². The van der Waals surface area contributed by atoms with E-state index < -0.39 is 24.2 Å². The van der Waals surface area contributed by atoms with Crippen LogP contribution in [0, 0.1) is 0 Å². The molecule has 0 radical (unpaired) electrons. The molecule has 0 aliphatic heterocycles.